The molecule has 2 N–H and O–H groups in total. The zero-order chi connectivity index (χ0) is 12.6. The minimum atomic E-state index is -2.90. The van der Waals surface area contributed by atoms with Crippen molar-refractivity contribution in [1.82, 2.24) is 10.6 Å². The van der Waals surface area contributed by atoms with Gasteiger partial charge >= 0.3 is 0 Å². The predicted octanol–water partition coefficient (Wildman–Crippen LogP) is 0.385. The maximum atomic E-state index is 11.2. The summed E-state index contributed by atoms with van der Waals surface area (Å²) in [5.74, 6) is 0.984. The standard InChI is InChI=1S/C10H23N3O2S/c1-5-9(3)13-10(11-4)12-7-8-16(14,15)6-2/h9H,5-8H2,1-4H3,(H2,11,12,13). The van der Waals surface area contributed by atoms with Crippen LogP contribution >= 0.6 is 0 Å². The van der Waals surface area contributed by atoms with Crippen LogP contribution in [0.1, 0.15) is 27.2 Å². The van der Waals surface area contributed by atoms with E-state index in [-0.39, 0.29) is 11.5 Å². The molecule has 0 rings (SSSR count). The highest BCUT2D eigenvalue weighted by Gasteiger charge is 2.08. The van der Waals surface area contributed by atoms with Gasteiger partial charge in [0.15, 0.2) is 15.8 Å². The molecule has 0 bridgehead atoms. The van der Waals surface area contributed by atoms with Gasteiger partial charge in [0.2, 0.25) is 0 Å². The summed E-state index contributed by atoms with van der Waals surface area (Å²) in [5, 5.41) is 6.15. The van der Waals surface area contributed by atoms with E-state index in [4.69, 9.17) is 0 Å². The molecule has 0 radical (unpaired) electrons. The molecule has 0 aliphatic rings. The number of nitrogens with zero attached hydrogens (tertiary/aromatic N) is 1. The van der Waals surface area contributed by atoms with Gasteiger partial charge in [0.05, 0.1) is 5.75 Å². The van der Waals surface area contributed by atoms with Gasteiger partial charge in [-0.1, -0.05) is 13.8 Å². The van der Waals surface area contributed by atoms with E-state index in [9.17, 15) is 8.42 Å². The van der Waals surface area contributed by atoms with Gasteiger partial charge in [-0.3, -0.25) is 4.99 Å². The lowest BCUT2D eigenvalue weighted by Gasteiger charge is -2.16. The predicted molar refractivity (Wildman–Crippen MR) is 68.6 cm³/mol. The lowest BCUT2D eigenvalue weighted by atomic mass is 10.3. The molecule has 0 aliphatic heterocycles. The van der Waals surface area contributed by atoms with Gasteiger partial charge < -0.3 is 10.6 Å². The molecule has 0 heterocycles. The van der Waals surface area contributed by atoms with E-state index in [0.29, 0.717) is 18.5 Å². The highest BCUT2D eigenvalue weighted by molar-refractivity contribution is 7.91. The van der Waals surface area contributed by atoms with Crippen molar-refractivity contribution >= 4 is 15.8 Å². The molecule has 96 valence electrons. The molecule has 0 spiro atoms. The zero-order valence-electron chi connectivity index (χ0n) is 10.6. The van der Waals surface area contributed by atoms with Crippen LogP contribution in [0.2, 0.25) is 0 Å². The van der Waals surface area contributed by atoms with Crippen molar-refractivity contribution in [3.8, 4) is 0 Å². The summed E-state index contributed by atoms with van der Waals surface area (Å²) in [5.41, 5.74) is 0. The molecule has 0 aliphatic carbocycles. The van der Waals surface area contributed by atoms with Crippen molar-refractivity contribution in [2.45, 2.75) is 33.2 Å². The number of aliphatic imine (C=N–C) groups is 1. The minimum Gasteiger partial charge on any atom is -0.355 e. The minimum absolute atomic E-state index is 0.144. The van der Waals surface area contributed by atoms with Gasteiger partial charge in [-0.25, -0.2) is 8.42 Å². The molecule has 16 heavy (non-hydrogen) atoms. The first kappa shape index (κ1) is 15.2. The highest BCUT2D eigenvalue weighted by atomic mass is 32.2. The van der Waals surface area contributed by atoms with Crippen LogP contribution in [0.25, 0.3) is 0 Å². The smallest absolute Gasteiger partial charge is 0.191 e. The van der Waals surface area contributed by atoms with E-state index in [1.165, 1.54) is 0 Å². The largest absolute Gasteiger partial charge is 0.355 e. The third-order valence-corrected chi connectivity index (χ3v) is 4.07. The SMILES string of the molecule is CCC(C)NC(=NC)NCCS(=O)(=O)CC. The molecule has 0 aromatic rings. The van der Waals surface area contributed by atoms with E-state index in [1.54, 1.807) is 14.0 Å². The maximum Gasteiger partial charge on any atom is 0.191 e. The summed E-state index contributed by atoms with van der Waals surface area (Å²) < 4.78 is 22.5. The molecule has 0 aromatic carbocycles. The Morgan fingerprint density at radius 2 is 2.00 bits per heavy atom. The molecule has 0 fully saturated rings. The molecule has 1 unspecified atom stereocenters. The molecule has 0 saturated carbocycles. The van der Waals surface area contributed by atoms with Crippen LogP contribution in [-0.4, -0.2) is 45.5 Å². The zero-order valence-corrected chi connectivity index (χ0v) is 11.4. The lowest BCUT2D eigenvalue weighted by molar-refractivity contribution is 0.594. The van der Waals surface area contributed by atoms with Crippen LogP contribution in [0.5, 0.6) is 0 Å². The van der Waals surface area contributed by atoms with Gasteiger partial charge in [0.25, 0.3) is 0 Å². The second-order valence-corrected chi connectivity index (χ2v) is 6.16. The number of rotatable bonds is 6. The Kier molecular flexibility index (Phi) is 7.12. The highest BCUT2D eigenvalue weighted by Crippen LogP contribution is 1.89. The van der Waals surface area contributed by atoms with Crippen molar-refractivity contribution in [2.75, 3.05) is 25.1 Å². The first-order chi connectivity index (χ1) is 7.45. The number of nitrogens with one attached hydrogen (secondary N) is 2. The summed E-state index contributed by atoms with van der Waals surface area (Å²) in [6.45, 7) is 6.18. The van der Waals surface area contributed by atoms with Crippen LogP contribution in [0.15, 0.2) is 4.99 Å². The second-order valence-electron chi connectivity index (χ2n) is 3.69. The fourth-order valence-electron chi connectivity index (χ4n) is 0.999. The second kappa shape index (κ2) is 7.49. The summed E-state index contributed by atoms with van der Waals surface area (Å²) in [4.78, 5) is 4.02. The van der Waals surface area contributed by atoms with E-state index in [1.807, 2.05) is 0 Å². The Bertz CT molecular complexity index is 312. The maximum absolute atomic E-state index is 11.2. The quantitative estimate of drug-likeness (QED) is 0.527. The molecular formula is C10H23N3O2S. The monoisotopic (exact) mass is 249 g/mol. The van der Waals surface area contributed by atoms with Crippen LogP contribution in [0.3, 0.4) is 0 Å². The average molecular weight is 249 g/mol. The molecular weight excluding hydrogens is 226 g/mol. The van der Waals surface area contributed by atoms with Crippen LogP contribution < -0.4 is 10.6 Å². The molecule has 1 atom stereocenters. The summed E-state index contributed by atoms with van der Waals surface area (Å²) in [6, 6.07) is 0.328. The lowest BCUT2D eigenvalue weighted by Crippen LogP contribution is -2.43. The Morgan fingerprint density at radius 1 is 1.38 bits per heavy atom. The normalized spacial score (nSPS) is 14.6. The number of guanidine groups is 1. The fourth-order valence-corrected chi connectivity index (χ4v) is 1.70. The molecule has 6 heteroatoms. The summed E-state index contributed by atoms with van der Waals surface area (Å²) >= 11 is 0. The van der Waals surface area contributed by atoms with Crippen LogP contribution in [0, 0.1) is 0 Å². The van der Waals surface area contributed by atoms with Gasteiger partial charge in [-0.2, -0.15) is 0 Å². The third kappa shape index (κ3) is 6.66. The average Bonchev–Trinajstić information content (AvgIpc) is 2.27. The first-order valence-electron chi connectivity index (χ1n) is 5.62. The first-order valence-corrected chi connectivity index (χ1v) is 7.44. The topological polar surface area (TPSA) is 70.6 Å². The van der Waals surface area contributed by atoms with E-state index >= 15 is 0 Å². The van der Waals surface area contributed by atoms with Crippen molar-refractivity contribution in [3.05, 3.63) is 0 Å². The van der Waals surface area contributed by atoms with E-state index in [0.717, 1.165) is 6.42 Å². The number of sulfone groups is 1. The van der Waals surface area contributed by atoms with Crippen LogP contribution in [-0.2, 0) is 9.84 Å². The van der Waals surface area contributed by atoms with Crippen molar-refractivity contribution in [2.24, 2.45) is 4.99 Å². The van der Waals surface area contributed by atoms with Gasteiger partial charge in [-0.05, 0) is 13.3 Å². The molecule has 0 aromatic heterocycles. The Balaban J connectivity index is 3.99. The molecule has 0 amide bonds. The van der Waals surface area contributed by atoms with Crippen molar-refractivity contribution in [1.29, 1.82) is 0 Å². The Morgan fingerprint density at radius 3 is 2.44 bits per heavy atom. The number of hydrogen-bond donors (Lipinski definition) is 2. The van der Waals surface area contributed by atoms with Crippen molar-refractivity contribution < 1.29 is 8.42 Å². The van der Waals surface area contributed by atoms with Gasteiger partial charge in [0, 0.05) is 25.4 Å². The number of hydrogen-bond acceptors (Lipinski definition) is 3. The molecule has 0 saturated heterocycles. The van der Waals surface area contributed by atoms with E-state index in [2.05, 4.69) is 29.5 Å². The van der Waals surface area contributed by atoms with Crippen LogP contribution in [0.4, 0.5) is 0 Å². The fraction of sp³-hybridized carbons (Fsp3) is 0.900. The molecule has 5 nitrogen and oxygen atoms in total. The van der Waals surface area contributed by atoms with Crippen molar-refractivity contribution in [3.63, 3.8) is 0 Å². The van der Waals surface area contributed by atoms with Gasteiger partial charge in [-0.15, -0.1) is 0 Å². The summed E-state index contributed by atoms with van der Waals surface area (Å²) in [7, 11) is -1.23. The Labute approximate surface area is 98.6 Å². The van der Waals surface area contributed by atoms with Gasteiger partial charge in [0.1, 0.15) is 0 Å². The summed E-state index contributed by atoms with van der Waals surface area (Å²) in [6.07, 6.45) is 0.994. The third-order valence-electron chi connectivity index (χ3n) is 2.36. The Hall–Kier alpha value is -0.780. The van der Waals surface area contributed by atoms with E-state index < -0.39 is 9.84 Å².